The predicted molar refractivity (Wildman–Crippen MR) is 77.5 cm³/mol. The molecule has 1 fully saturated rings. The van der Waals surface area contributed by atoms with Crippen molar-refractivity contribution in [3.05, 3.63) is 17.5 Å². The lowest BCUT2D eigenvalue weighted by Crippen LogP contribution is -2.53. The van der Waals surface area contributed by atoms with Gasteiger partial charge in [-0.1, -0.05) is 26.7 Å². The SMILES string of the molecule is CCc1nn(C)cc1C(=O)NC1(CO)CCCC(C)C1. The summed E-state index contributed by atoms with van der Waals surface area (Å²) in [6.07, 6.45) is 6.40. The Hall–Kier alpha value is -1.36. The number of aryl methyl sites for hydroxylation is 2. The van der Waals surface area contributed by atoms with Crippen molar-refractivity contribution in [3.63, 3.8) is 0 Å². The van der Waals surface area contributed by atoms with Crippen molar-refractivity contribution >= 4 is 5.91 Å². The van der Waals surface area contributed by atoms with Crippen molar-refractivity contribution in [1.29, 1.82) is 0 Å². The molecule has 0 aliphatic heterocycles. The first-order valence-corrected chi connectivity index (χ1v) is 7.45. The Balaban J connectivity index is 2.16. The van der Waals surface area contributed by atoms with Gasteiger partial charge in [0.05, 0.1) is 23.4 Å². The minimum Gasteiger partial charge on any atom is -0.394 e. The Bertz CT molecular complexity index is 483. The van der Waals surface area contributed by atoms with Crippen molar-refractivity contribution < 1.29 is 9.90 Å². The van der Waals surface area contributed by atoms with Gasteiger partial charge in [-0.3, -0.25) is 9.48 Å². The summed E-state index contributed by atoms with van der Waals surface area (Å²) in [7, 11) is 1.82. The monoisotopic (exact) mass is 279 g/mol. The van der Waals surface area contributed by atoms with Gasteiger partial charge in [0.25, 0.3) is 5.91 Å². The molecule has 1 aliphatic carbocycles. The first-order valence-electron chi connectivity index (χ1n) is 7.45. The van der Waals surface area contributed by atoms with E-state index in [1.807, 2.05) is 14.0 Å². The van der Waals surface area contributed by atoms with Crippen LogP contribution in [0, 0.1) is 5.92 Å². The van der Waals surface area contributed by atoms with Crippen LogP contribution in [0.3, 0.4) is 0 Å². The number of nitrogens with zero attached hydrogens (tertiary/aromatic N) is 2. The highest BCUT2D eigenvalue weighted by Crippen LogP contribution is 2.32. The molecule has 1 aliphatic rings. The van der Waals surface area contributed by atoms with Crippen molar-refractivity contribution in [2.75, 3.05) is 6.61 Å². The lowest BCUT2D eigenvalue weighted by molar-refractivity contribution is 0.0696. The Morgan fingerprint density at radius 1 is 1.65 bits per heavy atom. The number of aliphatic hydroxyl groups is 1. The van der Waals surface area contributed by atoms with Gasteiger partial charge in [-0.15, -0.1) is 0 Å². The molecule has 5 nitrogen and oxygen atoms in total. The predicted octanol–water partition coefficient (Wildman–Crippen LogP) is 1.65. The Morgan fingerprint density at radius 3 is 3.00 bits per heavy atom. The van der Waals surface area contributed by atoms with Crippen molar-refractivity contribution in [2.24, 2.45) is 13.0 Å². The van der Waals surface area contributed by atoms with Gasteiger partial charge in [-0.25, -0.2) is 0 Å². The molecule has 1 heterocycles. The second-order valence-electron chi connectivity index (χ2n) is 6.11. The van der Waals surface area contributed by atoms with E-state index in [4.69, 9.17) is 0 Å². The number of aromatic nitrogens is 2. The number of nitrogens with one attached hydrogen (secondary N) is 1. The molecule has 2 unspecified atom stereocenters. The smallest absolute Gasteiger partial charge is 0.255 e. The molecule has 2 rings (SSSR count). The lowest BCUT2D eigenvalue weighted by Gasteiger charge is -2.39. The molecular formula is C15H25N3O2. The molecule has 5 heteroatoms. The minimum absolute atomic E-state index is 0.00476. The van der Waals surface area contributed by atoms with Crippen LogP contribution in [0.25, 0.3) is 0 Å². The van der Waals surface area contributed by atoms with Crippen molar-refractivity contribution in [3.8, 4) is 0 Å². The van der Waals surface area contributed by atoms with E-state index in [1.54, 1.807) is 10.9 Å². The first kappa shape index (κ1) is 15.0. The minimum atomic E-state index is -0.463. The van der Waals surface area contributed by atoms with Gasteiger partial charge in [0, 0.05) is 13.2 Å². The second-order valence-corrected chi connectivity index (χ2v) is 6.11. The van der Waals surface area contributed by atoms with E-state index in [0.29, 0.717) is 11.5 Å². The van der Waals surface area contributed by atoms with E-state index >= 15 is 0 Å². The van der Waals surface area contributed by atoms with Crippen LogP contribution in [0.1, 0.15) is 55.6 Å². The zero-order valence-corrected chi connectivity index (χ0v) is 12.6. The first-order chi connectivity index (χ1) is 9.49. The fourth-order valence-electron chi connectivity index (χ4n) is 3.25. The maximum Gasteiger partial charge on any atom is 0.255 e. The van der Waals surface area contributed by atoms with Crippen LogP contribution in [0.2, 0.25) is 0 Å². The van der Waals surface area contributed by atoms with E-state index in [1.165, 1.54) is 6.42 Å². The van der Waals surface area contributed by atoms with E-state index in [0.717, 1.165) is 31.4 Å². The Kier molecular flexibility index (Phi) is 4.48. The van der Waals surface area contributed by atoms with Crippen LogP contribution < -0.4 is 5.32 Å². The number of hydrogen-bond donors (Lipinski definition) is 2. The number of amides is 1. The van der Waals surface area contributed by atoms with Crippen molar-refractivity contribution in [1.82, 2.24) is 15.1 Å². The van der Waals surface area contributed by atoms with Crippen LogP contribution in [0.5, 0.6) is 0 Å². The maximum absolute atomic E-state index is 12.5. The number of aliphatic hydroxyl groups excluding tert-OH is 1. The highest BCUT2D eigenvalue weighted by Gasteiger charge is 2.36. The highest BCUT2D eigenvalue weighted by molar-refractivity contribution is 5.95. The summed E-state index contributed by atoms with van der Waals surface area (Å²) < 4.78 is 1.67. The van der Waals surface area contributed by atoms with Crippen molar-refractivity contribution in [2.45, 2.75) is 51.5 Å². The molecule has 1 saturated carbocycles. The van der Waals surface area contributed by atoms with Crippen LogP contribution >= 0.6 is 0 Å². The molecule has 0 bridgehead atoms. The summed E-state index contributed by atoms with van der Waals surface area (Å²) in [6, 6.07) is 0. The summed E-state index contributed by atoms with van der Waals surface area (Å²) in [5, 5.41) is 17.1. The standard InChI is InChI=1S/C15H25N3O2/c1-4-13-12(9-18(3)17-13)14(20)16-15(10-19)7-5-6-11(2)8-15/h9,11,19H,4-8,10H2,1-3H3,(H,16,20). The molecule has 1 amide bonds. The van der Waals surface area contributed by atoms with E-state index < -0.39 is 5.54 Å². The third-order valence-electron chi connectivity index (χ3n) is 4.26. The molecule has 2 N–H and O–H groups in total. The second kappa shape index (κ2) is 5.95. The number of hydrogen-bond acceptors (Lipinski definition) is 3. The molecule has 20 heavy (non-hydrogen) atoms. The molecule has 1 aromatic heterocycles. The normalized spacial score (nSPS) is 26.5. The maximum atomic E-state index is 12.5. The summed E-state index contributed by atoms with van der Waals surface area (Å²) in [6.45, 7) is 4.17. The number of rotatable bonds is 4. The largest absolute Gasteiger partial charge is 0.394 e. The summed E-state index contributed by atoms with van der Waals surface area (Å²) >= 11 is 0. The molecule has 112 valence electrons. The molecule has 0 spiro atoms. The van der Waals surface area contributed by atoms with Crippen LogP contribution in [0.15, 0.2) is 6.20 Å². The molecular weight excluding hydrogens is 254 g/mol. The van der Waals surface area contributed by atoms with Gasteiger partial charge in [-0.05, 0) is 25.2 Å². The molecule has 2 atom stereocenters. The van der Waals surface area contributed by atoms with Gasteiger partial charge >= 0.3 is 0 Å². The van der Waals surface area contributed by atoms with Crippen LogP contribution in [-0.2, 0) is 13.5 Å². The summed E-state index contributed by atoms with van der Waals surface area (Å²) in [5.74, 6) is 0.425. The van der Waals surface area contributed by atoms with Gasteiger partial charge in [-0.2, -0.15) is 5.10 Å². The molecule has 0 saturated heterocycles. The molecule has 1 aromatic rings. The molecule has 0 radical (unpaired) electrons. The quantitative estimate of drug-likeness (QED) is 0.880. The third kappa shape index (κ3) is 3.03. The molecule has 0 aromatic carbocycles. The van der Waals surface area contributed by atoms with E-state index in [-0.39, 0.29) is 12.5 Å². The fraction of sp³-hybridized carbons (Fsp3) is 0.733. The summed E-state index contributed by atoms with van der Waals surface area (Å²) in [5.41, 5.74) is 0.971. The number of carbonyl (C=O) groups is 1. The topological polar surface area (TPSA) is 67.2 Å². The van der Waals surface area contributed by atoms with Gasteiger partial charge < -0.3 is 10.4 Å². The van der Waals surface area contributed by atoms with E-state index in [9.17, 15) is 9.90 Å². The van der Waals surface area contributed by atoms with Crippen LogP contribution in [0.4, 0.5) is 0 Å². The van der Waals surface area contributed by atoms with Gasteiger partial charge in [0.15, 0.2) is 0 Å². The van der Waals surface area contributed by atoms with E-state index in [2.05, 4.69) is 17.3 Å². The van der Waals surface area contributed by atoms with Crippen LogP contribution in [-0.4, -0.2) is 32.9 Å². The number of carbonyl (C=O) groups excluding carboxylic acids is 1. The highest BCUT2D eigenvalue weighted by atomic mass is 16.3. The average molecular weight is 279 g/mol. The van der Waals surface area contributed by atoms with Gasteiger partial charge in [0.1, 0.15) is 0 Å². The Morgan fingerprint density at radius 2 is 2.40 bits per heavy atom. The zero-order chi connectivity index (χ0) is 14.8. The Labute approximate surface area is 120 Å². The summed E-state index contributed by atoms with van der Waals surface area (Å²) in [4.78, 5) is 12.5. The van der Waals surface area contributed by atoms with Gasteiger partial charge in [0.2, 0.25) is 0 Å². The fourth-order valence-corrected chi connectivity index (χ4v) is 3.25. The lowest BCUT2D eigenvalue weighted by atomic mass is 9.76. The zero-order valence-electron chi connectivity index (χ0n) is 12.6. The average Bonchev–Trinajstić information content (AvgIpc) is 2.80. The third-order valence-corrected chi connectivity index (χ3v) is 4.26.